The van der Waals surface area contributed by atoms with Gasteiger partial charge in [0.1, 0.15) is 5.78 Å². The van der Waals surface area contributed by atoms with Crippen LogP contribution in [0.5, 0.6) is 0 Å². The van der Waals surface area contributed by atoms with Crippen molar-refractivity contribution in [1.82, 2.24) is 0 Å². The zero-order valence-corrected chi connectivity index (χ0v) is 21.6. The monoisotopic (exact) mass is 464 g/mol. The summed E-state index contributed by atoms with van der Waals surface area (Å²) in [6.45, 7) is 12.9. The van der Waals surface area contributed by atoms with E-state index in [-0.39, 0.29) is 34.4 Å². The summed E-state index contributed by atoms with van der Waals surface area (Å²) >= 11 is 0. The number of fused-ring (bicyclic) bond motifs is 5. The van der Waals surface area contributed by atoms with E-state index in [2.05, 4.69) is 34.6 Å². The van der Waals surface area contributed by atoms with Crippen molar-refractivity contribution in [1.29, 1.82) is 0 Å². The molecule has 190 valence electrons. The van der Waals surface area contributed by atoms with E-state index in [0.717, 1.165) is 25.7 Å². The normalized spacial score (nSPS) is 49.1. The zero-order chi connectivity index (χ0) is 24.5. The first-order valence-corrected chi connectivity index (χ1v) is 13.6. The van der Waals surface area contributed by atoms with Gasteiger partial charge in [-0.25, -0.2) is 0 Å². The quantitative estimate of drug-likeness (QED) is 0.496. The van der Waals surface area contributed by atoms with Crippen molar-refractivity contribution in [2.75, 3.05) is 0 Å². The van der Waals surface area contributed by atoms with Gasteiger partial charge in [0.15, 0.2) is 0 Å². The lowest BCUT2D eigenvalue weighted by molar-refractivity contribution is -0.175. The minimum Gasteiger partial charge on any atom is -0.390 e. The molecule has 4 fully saturated rings. The van der Waals surface area contributed by atoms with Crippen LogP contribution in [0.15, 0.2) is 0 Å². The van der Waals surface area contributed by atoms with Gasteiger partial charge in [-0.05, 0) is 90.8 Å². The Morgan fingerprint density at radius 3 is 2.15 bits per heavy atom. The largest absolute Gasteiger partial charge is 0.390 e. The van der Waals surface area contributed by atoms with Crippen LogP contribution in [0.4, 0.5) is 0 Å². The Balaban J connectivity index is 1.56. The number of aliphatic hydroxyl groups is 4. The number of carbonyl (C=O) groups is 1. The average molecular weight is 465 g/mol. The highest BCUT2D eigenvalue weighted by Crippen LogP contribution is 2.67. The Bertz CT molecular complexity index is 738. The van der Waals surface area contributed by atoms with Gasteiger partial charge in [0.2, 0.25) is 0 Å². The smallest absolute Gasteiger partial charge is 0.136 e. The number of Topliss-reactive ketones (excluding diaryl/α,β-unsaturated/α-hetero) is 1. The van der Waals surface area contributed by atoms with Gasteiger partial charge in [0, 0.05) is 12.3 Å². The molecule has 33 heavy (non-hydrogen) atoms. The molecule has 0 heterocycles. The standard InChI is InChI=1S/C28H48O5/c1-14(2)15(3)25(32)26(33)16(4)18-7-8-19-17-11-22(29)21-12-23(30)24(31)13-28(21,6)20(17)9-10-27(18,19)5/h14-21,23-26,30-33H,7-13H2,1-6H3/t15-,16+,17+,18-,19+,20+,21-,23-,24-,25-,26-,27-,28-/m1/s1. The average Bonchev–Trinajstić information content (AvgIpc) is 3.10. The topological polar surface area (TPSA) is 98.0 Å². The minimum atomic E-state index is -0.782. The van der Waals surface area contributed by atoms with Gasteiger partial charge in [0.05, 0.1) is 24.4 Å². The SMILES string of the molecule is CC(C)[C@@H](C)[C@@H](O)[C@H](O)[C@@H](C)[C@H]1CC[C@H]2[C@@H]3CC(=O)[C@H]4C[C@@H](O)[C@H](O)C[C@]4(C)[C@H]3CC[C@]12C. The third-order valence-corrected chi connectivity index (χ3v) is 11.7. The summed E-state index contributed by atoms with van der Waals surface area (Å²) < 4.78 is 0. The lowest BCUT2D eigenvalue weighted by Crippen LogP contribution is -2.59. The van der Waals surface area contributed by atoms with Gasteiger partial charge in [-0.1, -0.05) is 41.5 Å². The molecule has 4 aliphatic rings. The molecule has 4 rings (SSSR count). The van der Waals surface area contributed by atoms with E-state index in [4.69, 9.17) is 0 Å². The number of ketones is 1. The Hall–Kier alpha value is -0.490. The highest BCUT2D eigenvalue weighted by molar-refractivity contribution is 5.83. The van der Waals surface area contributed by atoms with Crippen LogP contribution in [0.2, 0.25) is 0 Å². The molecular formula is C28H48O5. The van der Waals surface area contributed by atoms with Crippen LogP contribution in [0.1, 0.15) is 86.5 Å². The molecular weight excluding hydrogens is 416 g/mol. The molecule has 0 spiro atoms. The van der Waals surface area contributed by atoms with Crippen LogP contribution >= 0.6 is 0 Å². The Morgan fingerprint density at radius 2 is 1.52 bits per heavy atom. The fourth-order valence-electron chi connectivity index (χ4n) is 9.23. The van der Waals surface area contributed by atoms with E-state index >= 15 is 0 Å². The molecule has 4 aliphatic carbocycles. The van der Waals surface area contributed by atoms with E-state index in [1.165, 1.54) is 0 Å². The van der Waals surface area contributed by atoms with Crippen LogP contribution in [0.25, 0.3) is 0 Å². The van der Waals surface area contributed by atoms with Gasteiger partial charge in [0.25, 0.3) is 0 Å². The Morgan fingerprint density at radius 1 is 0.879 bits per heavy atom. The first-order chi connectivity index (χ1) is 15.3. The molecule has 4 saturated carbocycles. The second kappa shape index (κ2) is 8.87. The van der Waals surface area contributed by atoms with Crippen LogP contribution < -0.4 is 0 Å². The summed E-state index contributed by atoms with van der Waals surface area (Å²) in [5.41, 5.74) is -0.162. The first-order valence-electron chi connectivity index (χ1n) is 13.6. The molecule has 0 unspecified atom stereocenters. The van der Waals surface area contributed by atoms with E-state index in [9.17, 15) is 25.2 Å². The van der Waals surface area contributed by atoms with Crippen LogP contribution in [0, 0.1) is 58.2 Å². The Labute approximate surface area is 200 Å². The van der Waals surface area contributed by atoms with Crippen molar-refractivity contribution in [3.63, 3.8) is 0 Å². The van der Waals surface area contributed by atoms with Crippen molar-refractivity contribution >= 4 is 5.78 Å². The molecule has 0 saturated heterocycles. The number of rotatable bonds is 5. The number of carbonyl (C=O) groups excluding carboxylic acids is 1. The van der Waals surface area contributed by atoms with Crippen molar-refractivity contribution in [2.24, 2.45) is 58.2 Å². The molecule has 5 nitrogen and oxygen atoms in total. The summed E-state index contributed by atoms with van der Waals surface area (Å²) in [5, 5.41) is 42.8. The summed E-state index contributed by atoms with van der Waals surface area (Å²) in [4.78, 5) is 13.3. The molecule has 0 bridgehead atoms. The van der Waals surface area contributed by atoms with Gasteiger partial charge in [-0.15, -0.1) is 0 Å². The summed E-state index contributed by atoms with van der Waals surface area (Å²) in [6, 6.07) is 0. The molecule has 13 atom stereocenters. The molecule has 0 aliphatic heterocycles. The highest BCUT2D eigenvalue weighted by atomic mass is 16.3. The molecule has 4 N–H and O–H groups in total. The third kappa shape index (κ3) is 3.93. The number of aliphatic hydroxyl groups excluding tert-OH is 4. The van der Waals surface area contributed by atoms with Crippen LogP contribution in [-0.4, -0.2) is 50.6 Å². The number of hydrogen-bond acceptors (Lipinski definition) is 5. The predicted octanol–water partition coefficient (Wildman–Crippen LogP) is 3.81. The van der Waals surface area contributed by atoms with E-state index in [0.29, 0.717) is 48.9 Å². The van der Waals surface area contributed by atoms with E-state index in [1.807, 2.05) is 6.92 Å². The highest BCUT2D eigenvalue weighted by Gasteiger charge is 2.63. The summed E-state index contributed by atoms with van der Waals surface area (Å²) in [7, 11) is 0. The fourth-order valence-corrected chi connectivity index (χ4v) is 9.23. The minimum absolute atomic E-state index is 0.0158. The van der Waals surface area contributed by atoms with Gasteiger partial charge in [-0.2, -0.15) is 0 Å². The first kappa shape index (κ1) is 25.6. The van der Waals surface area contributed by atoms with Gasteiger partial charge >= 0.3 is 0 Å². The third-order valence-electron chi connectivity index (χ3n) is 11.7. The molecule has 0 radical (unpaired) electrons. The molecule has 0 aromatic rings. The maximum absolute atomic E-state index is 13.3. The van der Waals surface area contributed by atoms with Crippen molar-refractivity contribution in [3.8, 4) is 0 Å². The van der Waals surface area contributed by atoms with Gasteiger partial charge < -0.3 is 20.4 Å². The van der Waals surface area contributed by atoms with Crippen molar-refractivity contribution in [3.05, 3.63) is 0 Å². The second-order valence-electron chi connectivity index (χ2n) is 13.4. The lowest BCUT2D eigenvalue weighted by atomic mass is 9.44. The molecule has 0 aromatic heterocycles. The maximum atomic E-state index is 13.3. The molecule has 0 amide bonds. The maximum Gasteiger partial charge on any atom is 0.136 e. The summed E-state index contributed by atoms with van der Waals surface area (Å²) in [6.07, 6.45) is 2.80. The van der Waals surface area contributed by atoms with Crippen LogP contribution in [-0.2, 0) is 4.79 Å². The van der Waals surface area contributed by atoms with Crippen molar-refractivity contribution in [2.45, 2.75) is 111 Å². The van der Waals surface area contributed by atoms with Gasteiger partial charge in [-0.3, -0.25) is 4.79 Å². The molecule has 5 heteroatoms. The van der Waals surface area contributed by atoms with Crippen molar-refractivity contribution < 1.29 is 25.2 Å². The van der Waals surface area contributed by atoms with Crippen LogP contribution in [0.3, 0.4) is 0 Å². The Kier molecular flexibility index (Phi) is 6.88. The van der Waals surface area contributed by atoms with E-state index < -0.39 is 24.4 Å². The fraction of sp³-hybridized carbons (Fsp3) is 0.964. The lowest BCUT2D eigenvalue weighted by Gasteiger charge is -2.61. The second-order valence-corrected chi connectivity index (χ2v) is 13.4. The number of hydrogen-bond donors (Lipinski definition) is 4. The molecule has 0 aromatic carbocycles. The summed E-state index contributed by atoms with van der Waals surface area (Å²) in [5.74, 6) is 2.05. The van der Waals surface area contributed by atoms with E-state index in [1.54, 1.807) is 0 Å². The zero-order valence-electron chi connectivity index (χ0n) is 21.6. The predicted molar refractivity (Wildman–Crippen MR) is 128 cm³/mol.